The summed E-state index contributed by atoms with van der Waals surface area (Å²) in [6, 6.07) is 9.47. The van der Waals surface area contributed by atoms with Gasteiger partial charge in [-0.05, 0) is 42.7 Å². The number of benzene rings is 1. The minimum absolute atomic E-state index is 0.0468. The minimum atomic E-state index is -0.0873. The molecule has 0 radical (unpaired) electrons. The van der Waals surface area contributed by atoms with Gasteiger partial charge in [0.2, 0.25) is 11.8 Å². The number of amides is 2. The number of nitrogens with zero attached hydrogens (tertiary/aromatic N) is 3. The van der Waals surface area contributed by atoms with E-state index >= 15 is 0 Å². The summed E-state index contributed by atoms with van der Waals surface area (Å²) >= 11 is 0. The summed E-state index contributed by atoms with van der Waals surface area (Å²) in [6.07, 6.45) is 6.84. The Bertz CT molecular complexity index is 991. The third-order valence-electron chi connectivity index (χ3n) is 7.11. The van der Waals surface area contributed by atoms with Gasteiger partial charge in [-0.2, -0.15) is 0 Å². The summed E-state index contributed by atoms with van der Waals surface area (Å²) in [5, 5.41) is 0. The van der Waals surface area contributed by atoms with Crippen molar-refractivity contribution in [1.82, 2.24) is 14.7 Å². The zero-order valence-corrected chi connectivity index (χ0v) is 23.9. The van der Waals surface area contributed by atoms with Crippen LogP contribution >= 0.6 is 0 Å². The summed E-state index contributed by atoms with van der Waals surface area (Å²) in [7, 11) is 3.22. The van der Waals surface area contributed by atoms with Crippen LogP contribution in [-0.4, -0.2) is 93.2 Å². The SMILES string of the molecule is CCCCCCC(=O)N(CCN1CCOCC1)CC(=O)N(CCc1ccc(OC)c(OC)c1)Cc1ccco1. The monoisotopic (exact) mass is 543 g/mol. The Labute approximate surface area is 233 Å². The number of morpholine rings is 1. The second-order valence-electron chi connectivity index (χ2n) is 9.91. The standard InChI is InChI=1S/C30H45N3O6/c1-4-5-6-7-10-29(34)33(16-15-31-17-20-38-21-18-31)24-30(35)32(23-26-9-8-19-39-26)14-13-25-11-12-27(36-2)28(22-25)37-3/h8-9,11-12,19,22H,4-7,10,13-18,20-21,23-24H2,1-3H3. The fourth-order valence-electron chi connectivity index (χ4n) is 4.69. The molecule has 0 unspecified atom stereocenters. The fraction of sp³-hybridized carbons (Fsp3) is 0.600. The second-order valence-corrected chi connectivity index (χ2v) is 9.91. The fourth-order valence-corrected chi connectivity index (χ4v) is 4.69. The molecular weight excluding hydrogens is 498 g/mol. The molecule has 1 aromatic heterocycles. The van der Waals surface area contributed by atoms with Crippen molar-refractivity contribution in [2.45, 2.75) is 52.0 Å². The molecule has 216 valence electrons. The van der Waals surface area contributed by atoms with Gasteiger partial charge < -0.3 is 28.4 Å². The highest BCUT2D eigenvalue weighted by Crippen LogP contribution is 2.27. The average molecular weight is 544 g/mol. The van der Waals surface area contributed by atoms with Crippen molar-refractivity contribution in [2.75, 3.05) is 66.7 Å². The van der Waals surface area contributed by atoms with E-state index < -0.39 is 0 Å². The van der Waals surface area contributed by atoms with Crippen LogP contribution in [0.15, 0.2) is 41.0 Å². The van der Waals surface area contributed by atoms with Crippen molar-refractivity contribution in [3.8, 4) is 11.5 Å². The van der Waals surface area contributed by atoms with E-state index in [1.54, 1.807) is 30.3 Å². The van der Waals surface area contributed by atoms with Crippen LogP contribution in [0.5, 0.6) is 11.5 Å². The Kier molecular flexibility index (Phi) is 13.2. The third kappa shape index (κ3) is 10.2. The van der Waals surface area contributed by atoms with Crippen molar-refractivity contribution in [3.05, 3.63) is 47.9 Å². The van der Waals surface area contributed by atoms with E-state index in [0.717, 1.165) is 50.9 Å². The van der Waals surface area contributed by atoms with Gasteiger partial charge in [0.15, 0.2) is 11.5 Å². The van der Waals surface area contributed by atoms with Gasteiger partial charge >= 0.3 is 0 Å². The van der Waals surface area contributed by atoms with Gasteiger partial charge in [0, 0.05) is 39.1 Å². The van der Waals surface area contributed by atoms with E-state index in [9.17, 15) is 9.59 Å². The topological polar surface area (TPSA) is 84.7 Å². The number of hydrogen-bond donors (Lipinski definition) is 0. The summed E-state index contributed by atoms with van der Waals surface area (Å²) in [6.45, 7) is 7.43. The molecule has 0 aliphatic carbocycles. The first-order chi connectivity index (χ1) is 19.0. The third-order valence-corrected chi connectivity index (χ3v) is 7.11. The number of unbranched alkanes of at least 4 members (excludes halogenated alkanes) is 3. The molecule has 2 amide bonds. The molecule has 0 bridgehead atoms. The lowest BCUT2D eigenvalue weighted by atomic mass is 10.1. The number of ether oxygens (including phenoxy) is 3. The van der Waals surface area contributed by atoms with Gasteiger partial charge in [-0.15, -0.1) is 0 Å². The normalized spacial score (nSPS) is 13.7. The molecular formula is C30H45N3O6. The molecule has 0 N–H and O–H groups in total. The van der Waals surface area contributed by atoms with E-state index in [-0.39, 0.29) is 18.4 Å². The van der Waals surface area contributed by atoms with Crippen molar-refractivity contribution >= 4 is 11.8 Å². The predicted octanol–water partition coefficient (Wildman–Crippen LogP) is 4.00. The maximum absolute atomic E-state index is 13.7. The van der Waals surface area contributed by atoms with Gasteiger partial charge in [-0.1, -0.05) is 32.3 Å². The first-order valence-electron chi connectivity index (χ1n) is 14.1. The van der Waals surface area contributed by atoms with Crippen LogP contribution in [0.1, 0.15) is 50.4 Å². The maximum Gasteiger partial charge on any atom is 0.242 e. The minimum Gasteiger partial charge on any atom is -0.493 e. The molecule has 9 heteroatoms. The molecule has 1 saturated heterocycles. The average Bonchev–Trinajstić information content (AvgIpc) is 3.49. The number of hydrogen-bond acceptors (Lipinski definition) is 7. The molecule has 9 nitrogen and oxygen atoms in total. The highest BCUT2D eigenvalue weighted by molar-refractivity contribution is 5.84. The van der Waals surface area contributed by atoms with E-state index in [2.05, 4.69) is 11.8 Å². The Morgan fingerprint density at radius 1 is 0.949 bits per heavy atom. The second kappa shape index (κ2) is 16.8. The smallest absolute Gasteiger partial charge is 0.242 e. The number of furan rings is 1. The highest BCUT2D eigenvalue weighted by atomic mass is 16.5. The van der Waals surface area contributed by atoms with Crippen molar-refractivity contribution in [1.29, 1.82) is 0 Å². The van der Waals surface area contributed by atoms with Crippen LogP contribution in [0, 0.1) is 0 Å². The molecule has 39 heavy (non-hydrogen) atoms. The molecule has 1 aliphatic heterocycles. The first-order valence-corrected chi connectivity index (χ1v) is 14.1. The molecule has 1 fully saturated rings. The summed E-state index contributed by atoms with van der Waals surface area (Å²) in [5.41, 5.74) is 1.03. The van der Waals surface area contributed by atoms with Crippen molar-refractivity contribution in [2.24, 2.45) is 0 Å². The predicted molar refractivity (Wildman–Crippen MR) is 150 cm³/mol. The van der Waals surface area contributed by atoms with Gasteiger partial charge in [0.25, 0.3) is 0 Å². The van der Waals surface area contributed by atoms with E-state index in [4.69, 9.17) is 18.6 Å². The number of carbonyl (C=O) groups is 2. The molecule has 0 spiro atoms. The lowest BCUT2D eigenvalue weighted by molar-refractivity contribution is -0.141. The molecule has 1 aromatic carbocycles. The van der Waals surface area contributed by atoms with Crippen molar-refractivity contribution < 1.29 is 28.2 Å². The van der Waals surface area contributed by atoms with Crippen LogP contribution < -0.4 is 9.47 Å². The molecule has 0 atom stereocenters. The molecule has 2 heterocycles. The van der Waals surface area contributed by atoms with Crippen LogP contribution in [-0.2, 0) is 27.3 Å². The summed E-state index contributed by atoms with van der Waals surface area (Å²) < 4.78 is 21.8. The quantitative estimate of drug-likeness (QED) is 0.279. The zero-order valence-electron chi connectivity index (χ0n) is 23.9. The van der Waals surface area contributed by atoms with E-state index in [0.29, 0.717) is 62.9 Å². The molecule has 3 rings (SSSR count). The van der Waals surface area contributed by atoms with Gasteiger partial charge in [0.1, 0.15) is 5.76 Å². The first kappa shape index (κ1) is 30.5. The summed E-state index contributed by atoms with van der Waals surface area (Å²) in [5.74, 6) is 1.99. The molecule has 1 aliphatic rings. The number of carbonyl (C=O) groups excluding carboxylic acids is 2. The van der Waals surface area contributed by atoms with Gasteiger partial charge in [-0.3, -0.25) is 14.5 Å². The lowest BCUT2D eigenvalue weighted by Gasteiger charge is -2.31. The Balaban J connectivity index is 1.68. The lowest BCUT2D eigenvalue weighted by Crippen LogP contribution is -2.47. The molecule has 0 saturated carbocycles. The Hall–Kier alpha value is -3.04. The molecule has 2 aromatic rings. The maximum atomic E-state index is 13.7. The van der Waals surface area contributed by atoms with Crippen molar-refractivity contribution in [3.63, 3.8) is 0 Å². The van der Waals surface area contributed by atoms with E-state index in [1.165, 1.54) is 0 Å². The Morgan fingerprint density at radius 3 is 2.44 bits per heavy atom. The highest BCUT2D eigenvalue weighted by Gasteiger charge is 2.23. The largest absolute Gasteiger partial charge is 0.493 e. The summed E-state index contributed by atoms with van der Waals surface area (Å²) in [4.78, 5) is 32.7. The van der Waals surface area contributed by atoms with E-state index in [1.807, 2.05) is 30.3 Å². The van der Waals surface area contributed by atoms with Crippen LogP contribution in [0.4, 0.5) is 0 Å². The van der Waals surface area contributed by atoms with Crippen LogP contribution in [0.25, 0.3) is 0 Å². The van der Waals surface area contributed by atoms with Gasteiger partial charge in [0.05, 0.1) is 46.8 Å². The zero-order chi connectivity index (χ0) is 27.9. The van der Waals surface area contributed by atoms with Gasteiger partial charge in [-0.25, -0.2) is 0 Å². The van der Waals surface area contributed by atoms with Crippen LogP contribution in [0.3, 0.4) is 0 Å². The number of methoxy groups -OCH3 is 2. The number of rotatable bonds is 17. The Morgan fingerprint density at radius 2 is 1.74 bits per heavy atom. The van der Waals surface area contributed by atoms with Crippen LogP contribution in [0.2, 0.25) is 0 Å².